The fourth-order valence-corrected chi connectivity index (χ4v) is 6.93. The van der Waals surface area contributed by atoms with Gasteiger partial charge in [0.2, 0.25) is 5.79 Å². The molecule has 0 aromatic heterocycles. The first-order valence-corrected chi connectivity index (χ1v) is 12.7. The molecular weight excluding hydrogens is 400 g/mol. The molecule has 2 bridgehead atoms. The second-order valence-electron chi connectivity index (χ2n) is 8.80. The maximum atomic E-state index is 11.2. The average molecular weight is 433 g/mol. The standard InChI is InChI=1S/C20H32O6S2/c1-12-6-7-15-13(2)16(28-11-5-10-22-18(21)27-4)23-17-20(15)14(12)8-9-19(3,24-17)25-26-20/h12-17H,5-11H2,1-4H3/t12-,13-,14+,15+,16+,17-,19-,20-/m1/s1. The van der Waals surface area contributed by atoms with E-state index in [1.807, 2.05) is 6.92 Å². The van der Waals surface area contributed by atoms with E-state index in [4.69, 9.17) is 24.0 Å². The molecule has 0 amide bonds. The Morgan fingerprint density at radius 2 is 2.00 bits per heavy atom. The van der Waals surface area contributed by atoms with Gasteiger partial charge in [0.05, 0.1) is 6.61 Å². The normalized spacial score (nSPS) is 47.3. The van der Waals surface area contributed by atoms with Crippen LogP contribution in [-0.4, -0.2) is 47.0 Å². The summed E-state index contributed by atoms with van der Waals surface area (Å²) >= 11 is 2.91. The van der Waals surface area contributed by atoms with Crippen molar-refractivity contribution in [1.82, 2.24) is 0 Å². The minimum absolute atomic E-state index is 0.0532. The second kappa shape index (κ2) is 8.27. The molecule has 8 atom stereocenters. The lowest BCUT2D eigenvalue weighted by molar-refractivity contribution is -0.568. The van der Waals surface area contributed by atoms with Crippen LogP contribution in [-0.2, 0) is 24.0 Å². The molecule has 0 aromatic carbocycles. The van der Waals surface area contributed by atoms with E-state index in [0.29, 0.717) is 30.3 Å². The summed E-state index contributed by atoms with van der Waals surface area (Å²) in [5, 5.41) is -0.218. The highest BCUT2D eigenvalue weighted by atomic mass is 32.2. The zero-order valence-corrected chi connectivity index (χ0v) is 18.8. The Labute approximate surface area is 176 Å². The molecule has 5 aliphatic rings. The Bertz CT molecular complexity index is 591. The maximum Gasteiger partial charge on any atom is 0.367 e. The summed E-state index contributed by atoms with van der Waals surface area (Å²) < 4.78 is 18.1. The molecule has 1 aliphatic carbocycles. The molecule has 1 spiro atoms. The van der Waals surface area contributed by atoms with E-state index in [2.05, 4.69) is 13.8 Å². The third kappa shape index (κ3) is 3.62. The van der Waals surface area contributed by atoms with Crippen molar-refractivity contribution in [3.05, 3.63) is 0 Å². The maximum absolute atomic E-state index is 11.2. The molecule has 8 heteroatoms. The number of thioether (sulfide) groups is 2. The van der Waals surface area contributed by atoms with Crippen LogP contribution in [0.15, 0.2) is 0 Å². The molecule has 4 aliphatic heterocycles. The van der Waals surface area contributed by atoms with Crippen LogP contribution >= 0.6 is 23.5 Å². The van der Waals surface area contributed by atoms with Crippen molar-refractivity contribution in [1.29, 1.82) is 0 Å². The Morgan fingerprint density at radius 3 is 2.79 bits per heavy atom. The minimum atomic E-state index is -0.723. The topological polar surface area (TPSA) is 63.2 Å². The highest BCUT2D eigenvalue weighted by Crippen LogP contribution is 2.61. The van der Waals surface area contributed by atoms with Crippen LogP contribution in [0.5, 0.6) is 0 Å². The second-order valence-corrected chi connectivity index (χ2v) is 10.7. The first-order chi connectivity index (χ1) is 13.4. The van der Waals surface area contributed by atoms with Crippen molar-refractivity contribution in [2.24, 2.45) is 23.7 Å². The molecule has 0 unspecified atom stereocenters. The molecule has 0 radical (unpaired) electrons. The lowest BCUT2D eigenvalue weighted by Gasteiger charge is -2.60. The fraction of sp³-hybridized carbons (Fsp3) is 0.950. The summed E-state index contributed by atoms with van der Waals surface area (Å²) in [4.78, 5) is 23.3. The summed E-state index contributed by atoms with van der Waals surface area (Å²) in [6.07, 6.45) is 6.40. The zero-order valence-electron chi connectivity index (χ0n) is 17.2. The van der Waals surface area contributed by atoms with Gasteiger partial charge in [-0.05, 0) is 74.1 Å². The summed E-state index contributed by atoms with van der Waals surface area (Å²) in [6.45, 7) is 7.02. The molecular formula is C20H32O6S2. The number of hydrogen-bond donors (Lipinski definition) is 0. The van der Waals surface area contributed by atoms with Crippen LogP contribution in [0.25, 0.3) is 0 Å². The largest absolute Gasteiger partial charge is 0.458 e. The van der Waals surface area contributed by atoms with Crippen molar-refractivity contribution in [3.63, 3.8) is 0 Å². The minimum Gasteiger partial charge on any atom is -0.458 e. The van der Waals surface area contributed by atoms with Gasteiger partial charge in [0.25, 0.3) is 0 Å². The molecule has 5 fully saturated rings. The Morgan fingerprint density at radius 1 is 1.18 bits per heavy atom. The summed E-state index contributed by atoms with van der Waals surface area (Å²) in [7, 11) is 0. The lowest BCUT2D eigenvalue weighted by atomic mass is 9.58. The first kappa shape index (κ1) is 21.2. The number of carbonyl (C=O) groups excluding carboxylic acids is 1. The van der Waals surface area contributed by atoms with Gasteiger partial charge >= 0.3 is 5.30 Å². The van der Waals surface area contributed by atoms with Gasteiger partial charge < -0.3 is 14.2 Å². The van der Waals surface area contributed by atoms with Gasteiger partial charge in [-0.3, -0.25) is 0 Å². The van der Waals surface area contributed by atoms with Gasteiger partial charge in [0, 0.05) is 12.3 Å². The van der Waals surface area contributed by atoms with Crippen LogP contribution in [0.2, 0.25) is 0 Å². The molecule has 6 nitrogen and oxygen atoms in total. The van der Waals surface area contributed by atoms with Crippen molar-refractivity contribution in [3.8, 4) is 0 Å². The molecule has 28 heavy (non-hydrogen) atoms. The van der Waals surface area contributed by atoms with Gasteiger partial charge in [-0.2, -0.15) is 0 Å². The van der Waals surface area contributed by atoms with Gasteiger partial charge in [-0.25, -0.2) is 14.6 Å². The highest BCUT2D eigenvalue weighted by molar-refractivity contribution is 8.12. The van der Waals surface area contributed by atoms with Crippen LogP contribution in [0.1, 0.15) is 52.9 Å². The molecule has 1 saturated carbocycles. The van der Waals surface area contributed by atoms with E-state index >= 15 is 0 Å². The predicted molar refractivity (Wildman–Crippen MR) is 109 cm³/mol. The Balaban J connectivity index is 1.45. The molecule has 4 heterocycles. The van der Waals surface area contributed by atoms with E-state index in [9.17, 15) is 4.79 Å². The number of carbonyl (C=O) groups is 1. The lowest BCUT2D eigenvalue weighted by Crippen LogP contribution is -2.70. The van der Waals surface area contributed by atoms with E-state index in [-0.39, 0.29) is 17.0 Å². The highest BCUT2D eigenvalue weighted by Gasteiger charge is 2.69. The van der Waals surface area contributed by atoms with Crippen molar-refractivity contribution >= 4 is 28.8 Å². The Hall–Kier alpha value is 0.01000. The third-order valence-electron chi connectivity index (χ3n) is 7.05. The first-order valence-electron chi connectivity index (χ1n) is 10.4. The van der Waals surface area contributed by atoms with E-state index in [0.717, 1.165) is 43.2 Å². The SMILES string of the molecule is CSC(=O)OCCCS[C@@H]1O[C@@H]2O[C@@]3(C)CC[C@H]4[C@H](C)CC[C@@H]([C@H]1C)[C@@]24OO3. The smallest absolute Gasteiger partial charge is 0.367 e. The quantitative estimate of drug-likeness (QED) is 0.348. The van der Waals surface area contributed by atoms with Gasteiger partial charge in [0.1, 0.15) is 5.44 Å². The Kier molecular flexibility index (Phi) is 6.28. The molecule has 160 valence electrons. The monoisotopic (exact) mass is 432 g/mol. The number of ether oxygens (including phenoxy) is 3. The fourth-order valence-electron chi connectivity index (χ4n) is 5.54. The van der Waals surface area contributed by atoms with E-state index in [1.54, 1.807) is 18.0 Å². The zero-order chi connectivity index (χ0) is 19.9. The summed E-state index contributed by atoms with van der Waals surface area (Å²) in [5.74, 6) is 1.86. The molecule has 0 N–H and O–H groups in total. The number of fused-ring (bicyclic) bond motifs is 2. The van der Waals surface area contributed by atoms with Gasteiger partial charge in [-0.15, -0.1) is 11.8 Å². The molecule has 5 rings (SSSR count). The third-order valence-corrected chi connectivity index (χ3v) is 8.90. The van der Waals surface area contributed by atoms with Gasteiger partial charge in [0.15, 0.2) is 11.9 Å². The summed E-state index contributed by atoms with van der Waals surface area (Å²) in [5.41, 5.74) is -0.435. The average Bonchev–Trinajstić information content (AvgIpc) is 2.91. The molecule has 0 aromatic rings. The van der Waals surface area contributed by atoms with E-state index < -0.39 is 11.4 Å². The van der Waals surface area contributed by atoms with E-state index in [1.165, 1.54) is 6.42 Å². The van der Waals surface area contributed by atoms with Crippen LogP contribution < -0.4 is 0 Å². The van der Waals surface area contributed by atoms with Crippen molar-refractivity contribution < 1.29 is 28.8 Å². The summed E-state index contributed by atoms with van der Waals surface area (Å²) in [6, 6.07) is 0. The predicted octanol–water partition coefficient (Wildman–Crippen LogP) is 4.82. The van der Waals surface area contributed by atoms with Crippen LogP contribution in [0.3, 0.4) is 0 Å². The van der Waals surface area contributed by atoms with Crippen LogP contribution in [0, 0.1) is 23.7 Å². The van der Waals surface area contributed by atoms with Crippen molar-refractivity contribution in [2.75, 3.05) is 18.6 Å². The number of hydrogen-bond acceptors (Lipinski definition) is 8. The number of rotatable bonds is 5. The van der Waals surface area contributed by atoms with Crippen LogP contribution in [0.4, 0.5) is 4.79 Å². The van der Waals surface area contributed by atoms with Gasteiger partial charge in [-0.1, -0.05) is 13.8 Å². The molecule has 4 saturated heterocycles. The van der Waals surface area contributed by atoms with Crippen molar-refractivity contribution in [2.45, 2.75) is 76.0 Å².